The molecule has 1 aliphatic carbocycles. The molecule has 2 rings (SSSR count). The maximum absolute atomic E-state index is 6.33. The first kappa shape index (κ1) is 15.8. The van der Waals surface area contributed by atoms with Crippen LogP contribution in [-0.2, 0) is 4.74 Å². The molecule has 1 aromatic carbocycles. The Morgan fingerprint density at radius 1 is 1.25 bits per heavy atom. The zero-order valence-corrected chi connectivity index (χ0v) is 13.3. The summed E-state index contributed by atoms with van der Waals surface area (Å²) in [4.78, 5) is 0. The molecule has 3 heteroatoms. The van der Waals surface area contributed by atoms with Crippen LogP contribution in [0.1, 0.15) is 38.2 Å². The summed E-state index contributed by atoms with van der Waals surface area (Å²) in [5.74, 6) is 1.81. The van der Waals surface area contributed by atoms with Crippen molar-refractivity contribution in [3.63, 3.8) is 0 Å². The molecular formula is C17H26ClNO. The first-order chi connectivity index (χ1) is 9.66. The van der Waals surface area contributed by atoms with Crippen LogP contribution in [0, 0.1) is 11.8 Å². The molecule has 0 radical (unpaired) electrons. The molecule has 0 heterocycles. The minimum absolute atomic E-state index is 0.334. The highest BCUT2D eigenvalue weighted by Gasteiger charge is 2.22. The van der Waals surface area contributed by atoms with E-state index in [-0.39, 0.29) is 0 Å². The number of rotatable bonds is 9. The summed E-state index contributed by atoms with van der Waals surface area (Å²) >= 11 is 6.33. The second-order valence-corrected chi connectivity index (χ2v) is 6.66. The van der Waals surface area contributed by atoms with Gasteiger partial charge in [0.1, 0.15) is 0 Å². The predicted octanol–water partition coefficient (Wildman–Crippen LogP) is 4.10. The topological polar surface area (TPSA) is 21.3 Å². The second kappa shape index (κ2) is 8.02. The zero-order valence-electron chi connectivity index (χ0n) is 12.6. The van der Waals surface area contributed by atoms with Gasteiger partial charge >= 0.3 is 0 Å². The Morgan fingerprint density at radius 2 is 2.00 bits per heavy atom. The van der Waals surface area contributed by atoms with E-state index in [1.54, 1.807) is 0 Å². The summed E-state index contributed by atoms with van der Waals surface area (Å²) in [6.45, 7) is 8.06. The predicted molar refractivity (Wildman–Crippen MR) is 85.4 cm³/mol. The molecular weight excluding hydrogens is 270 g/mol. The van der Waals surface area contributed by atoms with E-state index in [4.69, 9.17) is 16.3 Å². The first-order valence-electron chi connectivity index (χ1n) is 7.69. The summed E-state index contributed by atoms with van der Waals surface area (Å²) in [7, 11) is 0. The quantitative estimate of drug-likeness (QED) is 0.741. The number of benzene rings is 1. The lowest BCUT2D eigenvalue weighted by Crippen LogP contribution is -2.28. The van der Waals surface area contributed by atoms with Crippen LogP contribution in [0.2, 0.25) is 5.02 Å². The third-order valence-corrected chi connectivity index (χ3v) is 4.00. The van der Waals surface area contributed by atoms with Crippen LogP contribution in [0.4, 0.5) is 0 Å². The van der Waals surface area contributed by atoms with Crippen molar-refractivity contribution in [3.05, 3.63) is 34.9 Å². The van der Waals surface area contributed by atoms with E-state index in [2.05, 4.69) is 31.3 Å². The summed E-state index contributed by atoms with van der Waals surface area (Å²) in [5, 5.41) is 4.37. The SMILES string of the molecule is CC(C)CNCC(COCC1CC1)c1ccccc1Cl. The fourth-order valence-electron chi connectivity index (χ4n) is 2.27. The van der Waals surface area contributed by atoms with Gasteiger partial charge in [-0.3, -0.25) is 0 Å². The van der Waals surface area contributed by atoms with E-state index in [1.807, 2.05) is 12.1 Å². The van der Waals surface area contributed by atoms with Gasteiger partial charge in [0.2, 0.25) is 0 Å². The smallest absolute Gasteiger partial charge is 0.0547 e. The van der Waals surface area contributed by atoms with Crippen molar-refractivity contribution in [2.45, 2.75) is 32.6 Å². The Balaban J connectivity index is 1.89. The van der Waals surface area contributed by atoms with Gasteiger partial charge in [-0.2, -0.15) is 0 Å². The minimum atomic E-state index is 0.334. The van der Waals surface area contributed by atoms with Crippen LogP contribution in [0.3, 0.4) is 0 Å². The third-order valence-electron chi connectivity index (χ3n) is 3.66. The minimum Gasteiger partial charge on any atom is -0.380 e. The van der Waals surface area contributed by atoms with E-state index in [1.165, 1.54) is 18.4 Å². The molecule has 0 aromatic heterocycles. The molecule has 1 aromatic rings. The van der Waals surface area contributed by atoms with Crippen molar-refractivity contribution in [1.29, 1.82) is 0 Å². The van der Waals surface area contributed by atoms with E-state index < -0.39 is 0 Å². The van der Waals surface area contributed by atoms with Gasteiger partial charge < -0.3 is 10.1 Å². The highest BCUT2D eigenvalue weighted by molar-refractivity contribution is 6.31. The van der Waals surface area contributed by atoms with Crippen LogP contribution < -0.4 is 5.32 Å². The van der Waals surface area contributed by atoms with Gasteiger partial charge in [-0.15, -0.1) is 0 Å². The number of nitrogens with one attached hydrogen (secondary N) is 1. The van der Waals surface area contributed by atoms with Crippen molar-refractivity contribution >= 4 is 11.6 Å². The van der Waals surface area contributed by atoms with Gasteiger partial charge in [-0.1, -0.05) is 43.6 Å². The Kier molecular flexibility index (Phi) is 6.34. The largest absolute Gasteiger partial charge is 0.380 e. The standard InChI is InChI=1S/C17H26ClNO/c1-13(2)9-19-10-15(12-20-11-14-7-8-14)16-5-3-4-6-17(16)18/h3-6,13-15,19H,7-12H2,1-2H3. The summed E-state index contributed by atoms with van der Waals surface area (Å²) in [5.41, 5.74) is 1.20. The lowest BCUT2D eigenvalue weighted by molar-refractivity contribution is 0.110. The van der Waals surface area contributed by atoms with Crippen molar-refractivity contribution < 1.29 is 4.74 Å². The molecule has 1 unspecified atom stereocenters. The van der Waals surface area contributed by atoms with Crippen molar-refractivity contribution in [2.24, 2.45) is 11.8 Å². The first-order valence-corrected chi connectivity index (χ1v) is 8.07. The lowest BCUT2D eigenvalue weighted by Gasteiger charge is -2.20. The number of halogens is 1. The summed E-state index contributed by atoms with van der Waals surface area (Å²) in [6, 6.07) is 8.12. The van der Waals surface area contributed by atoms with Gasteiger partial charge in [-0.05, 0) is 42.9 Å². The third kappa shape index (κ3) is 5.43. The van der Waals surface area contributed by atoms with Gasteiger partial charge in [-0.25, -0.2) is 0 Å². The monoisotopic (exact) mass is 295 g/mol. The number of hydrogen-bond donors (Lipinski definition) is 1. The Labute approximate surface area is 127 Å². The lowest BCUT2D eigenvalue weighted by atomic mass is 9.99. The van der Waals surface area contributed by atoms with E-state index in [0.29, 0.717) is 11.8 Å². The average molecular weight is 296 g/mol. The van der Waals surface area contributed by atoms with Gasteiger partial charge in [0.15, 0.2) is 0 Å². The summed E-state index contributed by atoms with van der Waals surface area (Å²) < 4.78 is 5.89. The molecule has 2 nitrogen and oxygen atoms in total. The number of hydrogen-bond acceptors (Lipinski definition) is 2. The Morgan fingerprint density at radius 3 is 2.65 bits per heavy atom. The van der Waals surface area contributed by atoms with E-state index in [9.17, 15) is 0 Å². The van der Waals surface area contributed by atoms with Gasteiger partial charge in [0.05, 0.1) is 6.61 Å². The van der Waals surface area contributed by atoms with Gasteiger partial charge in [0, 0.05) is 24.1 Å². The molecule has 1 N–H and O–H groups in total. The Bertz CT molecular complexity index is 396. The molecule has 0 aliphatic heterocycles. The highest BCUT2D eigenvalue weighted by Crippen LogP contribution is 2.30. The maximum Gasteiger partial charge on any atom is 0.0547 e. The fraction of sp³-hybridized carbons (Fsp3) is 0.647. The van der Waals surface area contributed by atoms with Crippen molar-refractivity contribution in [3.8, 4) is 0 Å². The molecule has 1 fully saturated rings. The van der Waals surface area contributed by atoms with Crippen molar-refractivity contribution in [1.82, 2.24) is 5.32 Å². The molecule has 0 spiro atoms. The zero-order chi connectivity index (χ0) is 14.4. The molecule has 0 bridgehead atoms. The molecule has 0 amide bonds. The second-order valence-electron chi connectivity index (χ2n) is 6.25. The van der Waals surface area contributed by atoms with E-state index >= 15 is 0 Å². The Hall–Kier alpha value is -0.570. The van der Waals surface area contributed by atoms with Crippen molar-refractivity contribution in [2.75, 3.05) is 26.3 Å². The van der Waals surface area contributed by atoms with E-state index in [0.717, 1.165) is 37.2 Å². The molecule has 20 heavy (non-hydrogen) atoms. The maximum atomic E-state index is 6.33. The van der Waals surface area contributed by atoms with Gasteiger partial charge in [0.25, 0.3) is 0 Å². The molecule has 112 valence electrons. The van der Waals surface area contributed by atoms with Crippen LogP contribution >= 0.6 is 11.6 Å². The summed E-state index contributed by atoms with van der Waals surface area (Å²) in [6.07, 6.45) is 2.67. The molecule has 1 aliphatic rings. The molecule has 0 saturated heterocycles. The fourth-order valence-corrected chi connectivity index (χ4v) is 2.56. The average Bonchev–Trinajstić information content (AvgIpc) is 3.21. The van der Waals surface area contributed by atoms with Crippen LogP contribution in [0.5, 0.6) is 0 Å². The van der Waals surface area contributed by atoms with Crippen LogP contribution in [0.25, 0.3) is 0 Å². The molecule has 1 saturated carbocycles. The van der Waals surface area contributed by atoms with Crippen LogP contribution in [-0.4, -0.2) is 26.3 Å². The van der Waals surface area contributed by atoms with Crippen LogP contribution in [0.15, 0.2) is 24.3 Å². The normalized spacial score (nSPS) is 16.6. The highest BCUT2D eigenvalue weighted by atomic mass is 35.5. The number of ether oxygens (including phenoxy) is 1. The molecule has 1 atom stereocenters.